The molecule has 4 heteroatoms. The second-order valence-electron chi connectivity index (χ2n) is 4.05. The van der Waals surface area contributed by atoms with Crippen molar-refractivity contribution in [2.75, 3.05) is 11.5 Å². The average molecular weight is 241 g/mol. The van der Waals surface area contributed by atoms with Gasteiger partial charge in [0.1, 0.15) is 0 Å². The molecule has 0 saturated carbocycles. The van der Waals surface area contributed by atoms with Crippen molar-refractivity contribution in [3.05, 3.63) is 59.7 Å². The minimum atomic E-state index is -0.127. The van der Waals surface area contributed by atoms with E-state index in [-0.39, 0.29) is 5.91 Å². The maximum atomic E-state index is 11.8. The third-order valence-electron chi connectivity index (χ3n) is 2.58. The second-order valence-corrected chi connectivity index (χ2v) is 4.05. The van der Waals surface area contributed by atoms with Crippen molar-refractivity contribution < 1.29 is 4.79 Å². The molecule has 0 heterocycles. The van der Waals surface area contributed by atoms with Gasteiger partial charge in [0.05, 0.1) is 0 Å². The van der Waals surface area contributed by atoms with Crippen molar-refractivity contribution in [3.8, 4) is 0 Å². The monoisotopic (exact) mass is 241 g/mol. The number of benzene rings is 2. The molecule has 2 rings (SSSR count). The molecule has 2 aromatic rings. The van der Waals surface area contributed by atoms with Crippen LogP contribution in [0.5, 0.6) is 0 Å². The van der Waals surface area contributed by atoms with Crippen molar-refractivity contribution in [2.45, 2.75) is 6.54 Å². The SMILES string of the molecule is Nc1ccc(C(=O)NCc2cccc(N)c2)cc1. The number of hydrogen-bond donors (Lipinski definition) is 3. The van der Waals surface area contributed by atoms with E-state index in [1.807, 2.05) is 24.3 Å². The molecule has 18 heavy (non-hydrogen) atoms. The highest BCUT2D eigenvalue weighted by Gasteiger charge is 2.04. The van der Waals surface area contributed by atoms with E-state index >= 15 is 0 Å². The van der Waals surface area contributed by atoms with E-state index < -0.39 is 0 Å². The Hall–Kier alpha value is -2.49. The zero-order valence-electron chi connectivity index (χ0n) is 9.89. The van der Waals surface area contributed by atoms with Gasteiger partial charge in [-0.05, 0) is 42.0 Å². The molecule has 92 valence electrons. The predicted molar refractivity (Wildman–Crippen MR) is 72.9 cm³/mol. The minimum absolute atomic E-state index is 0.127. The highest BCUT2D eigenvalue weighted by Crippen LogP contribution is 2.08. The van der Waals surface area contributed by atoms with Crippen LogP contribution >= 0.6 is 0 Å². The zero-order valence-corrected chi connectivity index (χ0v) is 9.89. The Morgan fingerprint density at radius 2 is 1.72 bits per heavy atom. The van der Waals surface area contributed by atoms with Crippen LogP contribution < -0.4 is 16.8 Å². The van der Waals surface area contributed by atoms with Gasteiger partial charge < -0.3 is 16.8 Å². The van der Waals surface area contributed by atoms with E-state index in [1.54, 1.807) is 24.3 Å². The maximum Gasteiger partial charge on any atom is 0.251 e. The van der Waals surface area contributed by atoms with Gasteiger partial charge in [-0.2, -0.15) is 0 Å². The number of amides is 1. The van der Waals surface area contributed by atoms with E-state index in [0.29, 0.717) is 23.5 Å². The highest BCUT2D eigenvalue weighted by atomic mass is 16.1. The Labute approximate surface area is 106 Å². The smallest absolute Gasteiger partial charge is 0.251 e. The van der Waals surface area contributed by atoms with Crippen LogP contribution in [-0.4, -0.2) is 5.91 Å². The number of nitrogen functional groups attached to an aromatic ring is 2. The van der Waals surface area contributed by atoms with Crippen LogP contribution in [0.2, 0.25) is 0 Å². The van der Waals surface area contributed by atoms with Crippen molar-refractivity contribution >= 4 is 17.3 Å². The van der Waals surface area contributed by atoms with Gasteiger partial charge in [-0.15, -0.1) is 0 Å². The van der Waals surface area contributed by atoms with Crippen LogP contribution in [-0.2, 0) is 6.54 Å². The van der Waals surface area contributed by atoms with E-state index in [4.69, 9.17) is 11.5 Å². The summed E-state index contributed by atoms with van der Waals surface area (Å²) in [7, 11) is 0. The molecule has 0 radical (unpaired) electrons. The van der Waals surface area contributed by atoms with E-state index in [2.05, 4.69) is 5.32 Å². The van der Waals surface area contributed by atoms with Gasteiger partial charge in [0.15, 0.2) is 0 Å². The number of nitrogens with two attached hydrogens (primary N) is 2. The standard InChI is InChI=1S/C14H15N3O/c15-12-6-4-11(5-7-12)14(18)17-9-10-2-1-3-13(16)8-10/h1-8H,9,15-16H2,(H,17,18). The summed E-state index contributed by atoms with van der Waals surface area (Å²) in [4.78, 5) is 11.8. The number of anilines is 2. The van der Waals surface area contributed by atoms with Crippen molar-refractivity contribution in [2.24, 2.45) is 0 Å². The molecule has 0 unspecified atom stereocenters. The third kappa shape index (κ3) is 3.01. The Balaban J connectivity index is 1.98. The first kappa shape index (κ1) is 12.0. The summed E-state index contributed by atoms with van der Waals surface area (Å²) >= 11 is 0. The van der Waals surface area contributed by atoms with Gasteiger partial charge in [-0.25, -0.2) is 0 Å². The van der Waals surface area contributed by atoms with E-state index in [1.165, 1.54) is 0 Å². The van der Waals surface area contributed by atoms with E-state index in [9.17, 15) is 4.79 Å². The van der Waals surface area contributed by atoms with Crippen molar-refractivity contribution in [1.29, 1.82) is 0 Å². The second kappa shape index (κ2) is 5.23. The van der Waals surface area contributed by atoms with Gasteiger partial charge in [-0.1, -0.05) is 12.1 Å². The molecule has 5 N–H and O–H groups in total. The molecule has 0 fully saturated rings. The van der Waals surface area contributed by atoms with Gasteiger partial charge in [0.25, 0.3) is 5.91 Å². The first-order chi connectivity index (χ1) is 8.65. The minimum Gasteiger partial charge on any atom is -0.399 e. The number of hydrogen-bond acceptors (Lipinski definition) is 3. The number of carbonyl (C=O) groups excluding carboxylic acids is 1. The number of rotatable bonds is 3. The van der Waals surface area contributed by atoms with Crippen LogP contribution in [0.15, 0.2) is 48.5 Å². The van der Waals surface area contributed by atoms with Gasteiger partial charge in [0.2, 0.25) is 0 Å². The topological polar surface area (TPSA) is 81.1 Å². The molecule has 0 aromatic heterocycles. The Morgan fingerprint density at radius 1 is 1.00 bits per heavy atom. The summed E-state index contributed by atoms with van der Waals surface area (Å²) in [5.74, 6) is -0.127. The molecule has 0 spiro atoms. The molecule has 0 aliphatic rings. The largest absolute Gasteiger partial charge is 0.399 e. The van der Waals surface area contributed by atoms with Gasteiger partial charge >= 0.3 is 0 Å². The average Bonchev–Trinajstić information content (AvgIpc) is 2.37. The summed E-state index contributed by atoms with van der Waals surface area (Å²) in [5.41, 5.74) is 14.1. The molecule has 4 nitrogen and oxygen atoms in total. The lowest BCUT2D eigenvalue weighted by atomic mass is 10.1. The Bertz CT molecular complexity index is 549. The van der Waals surface area contributed by atoms with Crippen LogP contribution in [0.4, 0.5) is 11.4 Å². The van der Waals surface area contributed by atoms with Crippen molar-refractivity contribution in [1.82, 2.24) is 5.32 Å². The van der Waals surface area contributed by atoms with Crippen LogP contribution in [0.3, 0.4) is 0 Å². The van der Waals surface area contributed by atoms with Crippen LogP contribution in [0.25, 0.3) is 0 Å². The first-order valence-electron chi connectivity index (χ1n) is 5.63. The quantitative estimate of drug-likeness (QED) is 0.716. The number of carbonyl (C=O) groups is 1. The summed E-state index contributed by atoms with van der Waals surface area (Å²) in [6, 6.07) is 14.2. The van der Waals surface area contributed by atoms with Crippen molar-refractivity contribution in [3.63, 3.8) is 0 Å². The maximum absolute atomic E-state index is 11.8. The van der Waals surface area contributed by atoms with Crippen LogP contribution in [0.1, 0.15) is 15.9 Å². The lowest BCUT2D eigenvalue weighted by molar-refractivity contribution is 0.0951. The summed E-state index contributed by atoms with van der Waals surface area (Å²) in [6.45, 7) is 0.453. The lowest BCUT2D eigenvalue weighted by Crippen LogP contribution is -2.22. The molecule has 0 aliphatic carbocycles. The summed E-state index contributed by atoms with van der Waals surface area (Å²) in [5, 5.41) is 2.83. The normalized spacial score (nSPS) is 10.0. The molecular formula is C14H15N3O. The Morgan fingerprint density at radius 3 is 2.39 bits per heavy atom. The molecule has 0 saturated heterocycles. The fraction of sp³-hybridized carbons (Fsp3) is 0.0714. The Kier molecular flexibility index (Phi) is 3.48. The summed E-state index contributed by atoms with van der Waals surface area (Å²) < 4.78 is 0. The van der Waals surface area contributed by atoms with Gasteiger partial charge in [-0.3, -0.25) is 4.79 Å². The first-order valence-corrected chi connectivity index (χ1v) is 5.63. The fourth-order valence-corrected chi connectivity index (χ4v) is 1.62. The lowest BCUT2D eigenvalue weighted by Gasteiger charge is -2.06. The molecule has 0 bridgehead atoms. The third-order valence-corrected chi connectivity index (χ3v) is 2.58. The molecule has 0 aliphatic heterocycles. The zero-order chi connectivity index (χ0) is 13.0. The number of nitrogens with one attached hydrogen (secondary N) is 1. The fourth-order valence-electron chi connectivity index (χ4n) is 1.62. The highest BCUT2D eigenvalue weighted by molar-refractivity contribution is 5.94. The molecular weight excluding hydrogens is 226 g/mol. The molecule has 2 aromatic carbocycles. The van der Waals surface area contributed by atoms with Gasteiger partial charge in [0, 0.05) is 23.5 Å². The predicted octanol–water partition coefficient (Wildman–Crippen LogP) is 1.78. The molecule has 0 atom stereocenters. The molecule has 1 amide bonds. The summed E-state index contributed by atoms with van der Waals surface area (Å²) in [6.07, 6.45) is 0. The van der Waals surface area contributed by atoms with Crippen LogP contribution in [0, 0.1) is 0 Å². The van der Waals surface area contributed by atoms with E-state index in [0.717, 1.165) is 5.56 Å².